The summed E-state index contributed by atoms with van der Waals surface area (Å²) in [5.74, 6) is -2.75. The fraction of sp³-hybridized carbons (Fsp3) is 0.143. The van der Waals surface area contributed by atoms with Gasteiger partial charge in [-0.1, -0.05) is 18.2 Å². The molecule has 0 fully saturated rings. The molecule has 0 saturated carbocycles. The number of halogens is 3. The molecule has 3 rings (SSSR count). The third-order valence-electron chi connectivity index (χ3n) is 4.46. The van der Waals surface area contributed by atoms with E-state index >= 15 is 0 Å². The third kappa shape index (κ3) is 3.52. The van der Waals surface area contributed by atoms with E-state index in [1.165, 1.54) is 12.1 Å². The highest BCUT2D eigenvalue weighted by molar-refractivity contribution is 5.66. The summed E-state index contributed by atoms with van der Waals surface area (Å²) in [5, 5.41) is 12.1. The van der Waals surface area contributed by atoms with Gasteiger partial charge in [0.15, 0.2) is 11.6 Å². The topological polar surface area (TPSA) is 32.3 Å². The molecule has 0 saturated heterocycles. The van der Waals surface area contributed by atoms with Crippen molar-refractivity contribution >= 4 is 5.69 Å². The molecular weight excluding hydrogens is 339 g/mol. The molecule has 26 heavy (non-hydrogen) atoms. The van der Waals surface area contributed by atoms with Crippen molar-refractivity contribution < 1.29 is 18.3 Å². The number of hydrogen-bond acceptors (Lipinski definition) is 2. The predicted molar refractivity (Wildman–Crippen MR) is 96.7 cm³/mol. The van der Waals surface area contributed by atoms with Gasteiger partial charge in [0.05, 0.1) is 0 Å². The van der Waals surface area contributed by atoms with Crippen molar-refractivity contribution in [3.8, 4) is 16.9 Å². The van der Waals surface area contributed by atoms with Crippen LogP contribution in [-0.2, 0) is 6.54 Å². The second-order valence-corrected chi connectivity index (χ2v) is 6.20. The van der Waals surface area contributed by atoms with Gasteiger partial charge in [0, 0.05) is 6.54 Å². The minimum absolute atomic E-state index is 0.160. The summed E-state index contributed by atoms with van der Waals surface area (Å²) in [5.41, 5.74) is 3.95. The molecule has 0 heterocycles. The SMILES string of the molecule is Cc1cc(-c2cccc(F)c2)cc(CNc2c(F)ccc(O)c2F)c1C. The Morgan fingerprint density at radius 3 is 2.42 bits per heavy atom. The molecule has 0 spiro atoms. The molecule has 0 aromatic heterocycles. The first-order valence-corrected chi connectivity index (χ1v) is 8.13. The van der Waals surface area contributed by atoms with Crippen molar-refractivity contribution in [3.63, 3.8) is 0 Å². The predicted octanol–water partition coefficient (Wildman–Crippen LogP) is 5.71. The van der Waals surface area contributed by atoms with Crippen LogP contribution in [-0.4, -0.2) is 5.11 Å². The van der Waals surface area contributed by atoms with Crippen molar-refractivity contribution in [3.05, 3.63) is 82.7 Å². The van der Waals surface area contributed by atoms with Gasteiger partial charge >= 0.3 is 0 Å². The summed E-state index contributed by atoms with van der Waals surface area (Å²) < 4.78 is 41.3. The van der Waals surface area contributed by atoms with Gasteiger partial charge < -0.3 is 10.4 Å². The van der Waals surface area contributed by atoms with Gasteiger partial charge in [0.2, 0.25) is 0 Å². The van der Waals surface area contributed by atoms with Crippen molar-refractivity contribution in [2.24, 2.45) is 0 Å². The Hall–Kier alpha value is -2.95. The second-order valence-electron chi connectivity index (χ2n) is 6.20. The van der Waals surface area contributed by atoms with E-state index in [9.17, 15) is 18.3 Å². The van der Waals surface area contributed by atoms with E-state index in [0.717, 1.165) is 39.9 Å². The Kier molecular flexibility index (Phi) is 4.89. The number of aryl methyl sites for hydroxylation is 1. The lowest BCUT2D eigenvalue weighted by atomic mass is 9.95. The van der Waals surface area contributed by atoms with Crippen LogP contribution in [0, 0.1) is 31.3 Å². The van der Waals surface area contributed by atoms with Crippen LogP contribution in [0.5, 0.6) is 5.75 Å². The van der Waals surface area contributed by atoms with Gasteiger partial charge in [-0.25, -0.2) is 13.2 Å². The summed E-state index contributed by atoms with van der Waals surface area (Å²) >= 11 is 0. The lowest BCUT2D eigenvalue weighted by Crippen LogP contribution is -2.06. The van der Waals surface area contributed by atoms with Crippen LogP contribution in [0.15, 0.2) is 48.5 Å². The average molecular weight is 357 g/mol. The third-order valence-corrected chi connectivity index (χ3v) is 4.46. The zero-order chi connectivity index (χ0) is 18.8. The standard InChI is InChI=1S/C21H18F3NO/c1-12-8-15(14-4-3-5-17(22)10-14)9-16(13(12)2)11-25-21-18(23)6-7-19(26)20(21)24/h3-10,25-26H,11H2,1-2H3. The smallest absolute Gasteiger partial charge is 0.190 e. The fourth-order valence-electron chi connectivity index (χ4n) is 2.84. The van der Waals surface area contributed by atoms with Gasteiger partial charge in [-0.3, -0.25) is 0 Å². The molecule has 0 bridgehead atoms. The highest BCUT2D eigenvalue weighted by Crippen LogP contribution is 2.29. The molecule has 2 nitrogen and oxygen atoms in total. The molecule has 3 aromatic rings. The van der Waals surface area contributed by atoms with Crippen molar-refractivity contribution in [2.45, 2.75) is 20.4 Å². The average Bonchev–Trinajstić information content (AvgIpc) is 2.61. The van der Waals surface area contributed by atoms with Crippen LogP contribution in [0.1, 0.15) is 16.7 Å². The molecule has 2 N–H and O–H groups in total. The first-order chi connectivity index (χ1) is 12.4. The van der Waals surface area contributed by atoms with Crippen LogP contribution >= 0.6 is 0 Å². The lowest BCUT2D eigenvalue weighted by molar-refractivity contribution is 0.429. The highest BCUT2D eigenvalue weighted by atomic mass is 19.1. The Balaban J connectivity index is 1.95. The van der Waals surface area contributed by atoms with Gasteiger partial charge in [-0.15, -0.1) is 0 Å². The molecule has 0 atom stereocenters. The van der Waals surface area contributed by atoms with E-state index in [1.807, 2.05) is 26.0 Å². The zero-order valence-electron chi connectivity index (χ0n) is 14.4. The molecule has 5 heteroatoms. The number of hydrogen-bond donors (Lipinski definition) is 2. The van der Waals surface area contributed by atoms with Gasteiger partial charge in [0.1, 0.15) is 17.3 Å². The van der Waals surface area contributed by atoms with Crippen LogP contribution < -0.4 is 5.32 Å². The number of benzene rings is 3. The maximum Gasteiger partial charge on any atom is 0.190 e. The van der Waals surface area contributed by atoms with Crippen molar-refractivity contribution in [1.29, 1.82) is 0 Å². The summed E-state index contributed by atoms with van der Waals surface area (Å²) in [6, 6.07) is 12.0. The zero-order valence-corrected chi connectivity index (χ0v) is 14.4. The molecular formula is C21H18F3NO. The minimum atomic E-state index is -1.03. The van der Waals surface area contributed by atoms with E-state index in [-0.39, 0.29) is 18.0 Å². The van der Waals surface area contributed by atoms with E-state index in [4.69, 9.17) is 0 Å². The maximum absolute atomic E-state index is 13.9. The van der Waals surface area contributed by atoms with Crippen molar-refractivity contribution in [1.82, 2.24) is 0 Å². The van der Waals surface area contributed by atoms with E-state index in [0.29, 0.717) is 0 Å². The molecule has 3 aromatic carbocycles. The van der Waals surface area contributed by atoms with Crippen LogP contribution in [0.3, 0.4) is 0 Å². The number of rotatable bonds is 4. The monoisotopic (exact) mass is 357 g/mol. The molecule has 0 aliphatic heterocycles. The normalized spacial score (nSPS) is 10.8. The van der Waals surface area contributed by atoms with Crippen LogP contribution in [0.25, 0.3) is 11.1 Å². The summed E-state index contributed by atoms with van der Waals surface area (Å²) in [4.78, 5) is 0. The molecule has 0 aliphatic carbocycles. The summed E-state index contributed by atoms with van der Waals surface area (Å²) in [7, 11) is 0. The quantitative estimate of drug-likeness (QED) is 0.627. The number of anilines is 1. The first kappa shape index (κ1) is 17.9. The van der Waals surface area contributed by atoms with Crippen molar-refractivity contribution in [2.75, 3.05) is 5.32 Å². The fourth-order valence-corrected chi connectivity index (χ4v) is 2.84. The number of aromatic hydroxyl groups is 1. The molecule has 0 amide bonds. The molecule has 0 radical (unpaired) electrons. The highest BCUT2D eigenvalue weighted by Gasteiger charge is 2.14. The van der Waals surface area contributed by atoms with Gasteiger partial charge in [-0.2, -0.15) is 0 Å². The van der Waals surface area contributed by atoms with E-state index in [2.05, 4.69) is 5.32 Å². The second kappa shape index (κ2) is 7.12. The Morgan fingerprint density at radius 1 is 0.923 bits per heavy atom. The Morgan fingerprint density at radius 2 is 1.69 bits per heavy atom. The lowest BCUT2D eigenvalue weighted by Gasteiger charge is -2.15. The van der Waals surface area contributed by atoms with E-state index in [1.54, 1.807) is 12.1 Å². The number of phenols is 1. The first-order valence-electron chi connectivity index (χ1n) is 8.13. The van der Waals surface area contributed by atoms with Crippen LogP contribution in [0.2, 0.25) is 0 Å². The summed E-state index contributed by atoms with van der Waals surface area (Å²) in [6.45, 7) is 4.00. The largest absolute Gasteiger partial charge is 0.505 e. The number of nitrogens with one attached hydrogen (secondary N) is 1. The Bertz CT molecular complexity index is 970. The number of phenolic OH excluding ortho intramolecular Hbond substituents is 1. The van der Waals surface area contributed by atoms with E-state index < -0.39 is 17.4 Å². The Labute approximate surface area is 149 Å². The van der Waals surface area contributed by atoms with Gasteiger partial charge in [-0.05, 0) is 72.0 Å². The minimum Gasteiger partial charge on any atom is -0.505 e. The van der Waals surface area contributed by atoms with Crippen LogP contribution in [0.4, 0.5) is 18.9 Å². The summed E-state index contributed by atoms with van der Waals surface area (Å²) in [6.07, 6.45) is 0. The molecule has 134 valence electrons. The molecule has 0 aliphatic rings. The van der Waals surface area contributed by atoms with Gasteiger partial charge in [0.25, 0.3) is 0 Å². The molecule has 0 unspecified atom stereocenters. The maximum atomic E-state index is 13.9.